The van der Waals surface area contributed by atoms with E-state index in [0.717, 1.165) is 49.6 Å². The molecule has 0 aliphatic carbocycles. The van der Waals surface area contributed by atoms with Gasteiger partial charge < -0.3 is 9.88 Å². The SMILES string of the molecule is CCc1ccc(CCn2c3c(c4cc(Cl)ccc42)CNCC3)cn1. The molecule has 1 aliphatic heterocycles. The van der Waals surface area contributed by atoms with Crippen molar-refractivity contribution in [1.29, 1.82) is 0 Å². The van der Waals surface area contributed by atoms with Gasteiger partial charge in [0.05, 0.1) is 0 Å². The van der Waals surface area contributed by atoms with Gasteiger partial charge in [0.2, 0.25) is 0 Å². The average Bonchev–Trinajstić information content (AvgIpc) is 2.93. The maximum absolute atomic E-state index is 6.23. The molecule has 1 N–H and O–H groups in total. The first-order chi connectivity index (χ1) is 11.8. The Balaban J connectivity index is 1.67. The minimum absolute atomic E-state index is 0.812. The smallest absolute Gasteiger partial charge is 0.0487 e. The Kier molecular flexibility index (Phi) is 4.30. The van der Waals surface area contributed by atoms with E-state index in [4.69, 9.17) is 11.6 Å². The summed E-state index contributed by atoms with van der Waals surface area (Å²) in [7, 11) is 0. The highest BCUT2D eigenvalue weighted by Crippen LogP contribution is 2.31. The van der Waals surface area contributed by atoms with Gasteiger partial charge in [-0.3, -0.25) is 4.98 Å². The summed E-state index contributed by atoms with van der Waals surface area (Å²) >= 11 is 6.23. The van der Waals surface area contributed by atoms with Crippen LogP contribution in [-0.2, 0) is 32.4 Å². The molecule has 4 rings (SSSR count). The highest BCUT2D eigenvalue weighted by atomic mass is 35.5. The number of hydrogen-bond acceptors (Lipinski definition) is 2. The van der Waals surface area contributed by atoms with Crippen molar-refractivity contribution in [2.75, 3.05) is 6.54 Å². The van der Waals surface area contributed by atoms with E-state index in [9.17, 15) is 0 Å². The molecule has 0 radical (unpaired) electrons. The largest absolute Gasteiger partial charge is 0.344 e. The number of hydrogen-bond donors (Lipinski definition) is 1. The molecule has 0 atom stereocenters. The van der Waals surface area contributed by atoms with Gasteiger partial charge in [0.1, 0.15) is 0 Å². The molecule has 1 aromatic carbocycles. The summed E-state index contributed by atoms with van der Waals surface area (Å²) in [4.78, 5) is 4.52. The van der Waals surface area contributed by atoms with Crippen LogP contribution >= 0.6 is 11.6 Å². The monoisotopic (exact) mass is 339 g/mol. The maximum atomic E-state index is 6.23. The first-order valence-corrected chi connectivity index (χ1v) is 9.08. The third-order valence-corrected chi connectivity index (χ3v) is 5.20. The zero-order chi connectivity index (χ0) is 16.5. The zero-order valence-electron chi connectivity index (χ0n) is 14.0. The highest BCUT2D eigenvalue weighted by Gasteiger charge is 2.19. The van der Waals surface area contributed by atoms with E-state index in [-0.39, 0.29) is 0 Å². The summed E-state index contributed by atoms with van der Waals surface area (Å²) in [6.45, 7) is 5.11. The number of fused-ring (bicyclic) bond motifs is 3. The third kappa shape index (κ3) is 2.83. The maximum Gasteiger partial charge on any atom is 0.0487 e. The second kappa shape index (κ2) is 6.58. The van der Waals surface area contributed by atoms with Crippen molar-refractivity contribution in [1.82, 2.24) is 14.9 Å². The fourth-order valence-corrected chi connectivity index (χ4v) is 3.83. The van der Waals surface area contributed by atoms with Crippen LogP contribution in [0.5, 0.6) is 0 Å². The van der Waals surface area contributed by atoms with Gasteiger partial charge in [-0.25, -0.2) is 0 Å². The molecule has 1 aliphatic rings. The van der Waals surface area contributed by atoms with Gasteiger partial charge in [0, 0.05) is 59.6 Å². The molecule has 2 aromatic heterocycles. The average molecular weight is 340 g/mol. The normalized spacial score (nSPS) is 14.1. The summed E-state index contributed by atoms with van der Waals surface area (Å²) in [6.07, 6.45) is 5.09. The number of benzene rings is 1. The standard InChI is InChI=1S/C20H22ClN3/c1-2-16-5-3-14(12-23-16)8-10-24-19-6-4-15(21)11-17(19)18-13-22-9-7-20(18)24/h3-6,11-12,22H,2,7-10,13H2,1H3. The van der Waals surface area contributed by atoms with Gasteiger partial charge in [-0.1, -0.05) is 24.6 Å². The summed E-state index contributed by atoms with van der Waals surface area (Å²) < 4.78 is 2.48. The van der Waals surface area contributed by atoms with Gasteiger partial charge in [0.15, 0.2) is 0 Å². The molecule has 124 valence electrons. The Morgan fingerprint density at radius 3 is 2.96 bits per heavy atom. The van der Waals surface area contributed by atoms with Crippen LogP contribution in [0, 0.1) is 0 Å². The van der Waals surface area contributed by atoms with Crippen LogP contribution in [-0.4, -0.2) is 16.1 Å². The molecule has 0 amide bonds. The van der Waals surface area contributed by atoms with Crippen LogP contribution < -0.4 is 5.32 Å². The summed E-state index contributed by atoms with van der Waals surface area (Å²) in [6, 6.07) is 10.6. The molecule has 4 heteroatoms. The molecule has 0 saturated carbocycles. The molecule has 3 aromatic rings. The van der Waals surface area contributed by atoms with E-state index in [0.29, 0.717) is 0 Å². The molecule has 0 spiro atoms. The summed E-state index contributed by atoms with van der Waals surface area (Å²) in [5.41, 5.74) is 6.63. The number of aryl methyl sites for hydroxylation is 3. The fraction of sp³-hybridized carbons (Fsp3) is 0.350. The van der Waals surface area contributed by atoms with Crippen molar-refractivity contribution < 1.29 is 0 Å². The third-order valence-electron chi connectivity index (χ3n) is 4.96. The van der Waals surface area contributed by atoms with Crippen molar-refractivity contribution in [3.05, 3.63) is 64.1 Å². The Bertz CT molecular complexity index is 865. The predicted octanol–water partition coefficient (Wildman–Crippen LogP) is 4.14. The molecule has 3 nitrogen and oxygen atoms in total. The predicted molar refractivity (Wildman–Crippen MR) is 99.7 cm³/mol. The van der Waals surface area contributed by atoms with E-state index < -0.39 is 0 Å². The lowest BCUT2D eigenvalue weighted by molar-refractivity contribution is 0.594. The van der Waals surface area contributed by atoms with Crippen LogP contribution in [0.2, 0.25) is 5.02 Å². The van der Waals surface area contributed by atoms with Crippen LogP contribution in [0.3, 0.4) is 0 Å². The number of aromatic nitrogens is 2. The molecular weight excluding hydrogens is 318 g/mol. The molecular formula is C20H22ClN3. The van der Waals surface area contributed by atoms with E-state index in [1.54, 1.807) is 0 Å². The second-order valence-electron chi connectivity index (χ2n) is 6.43. The molecule has 3 heterocycles. The van der Waals surface area contributed by atoms with E-state index in [2.05, 4.69) is 46.1 Å². The zero-order valence-corrected chi connectivity index (χ0v) is 14.7. The van der Waals surface area contributed by atoms with Crippen LogP contribution in [0.15, 0.2) is 36.5 Å². The topological polar surface area (TPSA) is 29.9 Å². The summed E-state index contributed by atoms with van der Waals surface area (Å²) in [5.74, 6) is 0. The molecule has 24 heavy (non-hydrogen) atoms. The van der Waals surface area contributed by atoms with Crippen molar-refractivity contribution in [2.24, 2.45) is 0 Å². The molecule has 0 unspecified atom stereocenters. The number of rotatable bonds is 4. The van der Waals surface area contributed by atoms with Crippen molar-refractivity contribution in [2.45, 2.75) is 39.3 Å². The van der Waals surface area contributed by atoms with E-state index >= 15 is 0 Å². The lowest BCUT2D eigenvalue weighted by Crippen LogP contribution is -2.24. The summed E-state index contributed by atoms with van der Waals surface area (Å²) in [5, 5.41) is 5.59. The van der Waals surface area contributed by atoms with E-state index in [1.165, 1.54) is 27.7 Å². The van der Waals surface area contributed by atoms with Gasteiger partial charge in [-0.15, -0.1) is 0 Å². The number of nitrogens with one attached hydrogen (secondary N) is 1. The molecule has 0 bridgehead atoms. The Labute approximate surface area is 147 Å². The Morgan fingerprint density at radius 2 is 2.17 bits per heavy atom. The fourth-order valence-electron chi connectivity index (χ4n) is 3.66. The Hall–Kier alpha value is -1.84. The quantitative estimate of drug-likeness (QED) is 0.774. The number of halogens is 1. The first kappa shape index (κ1) is 15.7. The first-order valence-electron chi connectivity index (χ1n) is 8.70. The lowest BCUT2D eigenvalue weighted by Gasteiger charge is -2.17. The number of pyridine rings is 1. The minimum atomic E-state index is 0.812. The van der Waals surface area contributed by atoms with Crippen LogP contribution in [0.1, 0.15) is 29.4 Å². The lowest BCUT2D eigenvalue weighted by atomic mass is 10.1. The minimum Gasteiger partial charge on any atom is -0.344 e. The van der Waals surface area contributed by atoms with Crippen molar-refractivity contribution in [3.8, 4) is 0 Å². The van der Waals surface area contributed by atoms with Gasteiger partial charge >= 0.3 is 0 Å². The number of nitrogens with zero attached hydrogens (tertiary/aromatic N) is 2. The second-order valence-corrected chi connectivity index (χ2v) is 6.86. The van der Waals surface area contributed by atoms with Gasteiger partial charge in [-0.2, -0.15) is 0 Å². The van der Waals surface area contributed by atoms with Crippen molar-refractivity contribution in [3.63, 3.8) is 0 Å². The Morgan fingerprint density at radius 1 is 1.25 bits per heavy atom. The highest BCUT2D eigenvalue weighted by molar-refractivity contribution is 6.31. The van der Waals surface area contributed by atoms with E-state index in [1.807, 2.05) is 12.3 Å². The van der Waals surface area contributed by atoms with Crippen LogP contribution in [0.25, 0.3) is 10.9 Å². The van der Waals surface area contributed by atoms with Crippen molar-refractivity contribution >= 4 is 22.5 Å². The van der Waals surface area contributed by atoms with Gasteiger partial charge in [-0.05, 0) is 48.2 Å². The molecule has 0 saturated heterocycles. The van der Waals surface area contributed by atoms with Crippen LogP contribution in [0.4, 0.5) is 0 Å². The molecule has 0 fully saturated rings. The van der Waals surface area contributed by atoms with Gasteiger partial charge in [0.25, 0.3) is 0 Å².